The summed E-state index contributed by atoms with van der Waals surface area (Å²) in [7, 11) is 0. The summed E-state index contributed by atoms with van der Waals surface area (Å²) in [5, 5.41) is 5.43. The van der Waals surface area contributed by atoms with Gasteiger partial charge in [-0.05, 0) is 23.9 Å². The standard InChI is InChI=1S/C14H23N3O4/c1-4-5-11-6-7-17(13(11)16-20)12(18)8-15-14(19)21-9-10(2)3/h4,10-11,13H,1,5-9H2,2-3H3,(H,15,19)/t11?,13-/m0/s1. The Hall–Kier alpha value is -1.92. The van der Waals surface area contributed by atoms with Crippen LogP contribution in [0.3, 0.4) is 0 Å². The molecule has 1 unspecified atom stereocenters. The lowest BCUT2D eigenvalue weighted by atomic mass is 10.0. The van der Waals surface area contributed by atoms with E-state index in [1.807, 2.05) is 13.8 Å². The van der Waals surface area contributed by atoms with E-state index in [-0.39, 0.29) is 24.3 Å². The van der Waals surface area contributed by atoms with Crippen LogP contribution in [-0.4, -0.2) is 42.8 Å². The molecule has 0 saturated carbocycles. The number of hydrogen-bond acceptors (Lipinski definition) is 5. The van der Waals surface area contributed by atoms with Crippen LogP contribution in [-0.2, 0) is 9.53 Å². The highest BCUT2D eigenvalue weighted by Gasteiger charge is 2.37. The highest BCUT2D eigenvalue weighted by Crippen LogP contribution is 2.28. The second-order valence-electron chi connectivity index (χ2n) is 5.53. The number of rotatable bonds is 7. The number of nitroso groups, excluding NO2 is 1. The molecule has 2 atom stereocenters. The highest BCUT2D eigenvalue weighted by atomic mass is 16.5. The monoisotopic (exact) mass is 297 g/mol. The summed E-state index contributed by atoms with van der Waals surface area (Å²) in [6.07, 6.45) is 1.77. The van der Waals surface area contributed by atoms with Crippen molar-refractivity contribution in [1.29, 1.82) is 0 Å². The third-order valence-electron chi connectivity index (χ3n) is 3.31. The number of hydrogen-bond donors (Lipinski definition) is 1. The largest absolute Gasteiger partial charge is 0.449 e. The number of nitrogens with one attached hydrogen (secondary N) is 1. The van der Waals surface area contributed by atoms with Gasteiger partial charge in [0.2, 0.25) is 5.91 Å². The molecule has 1 rings (SSSR count). The molecule has 21 heavy (non-hydrogen) atoms. The molecule has 0 aliphatic carbocycles. The summed E-state index contributed by atoms with van der Waals surface area (Å²) in [5.41, 5.74) is 0. The molecule has 1 aliphatic heterocycles. The molecule has 7 heteroatoms. The maximum atomic E-state index is 12.0. The molecule has 7 nitrogen and oxygen atoms in total. The Labute approximate surface area is 124 Å². The van der Waals surface area contributed by atoms with Crippen molar-refractivity contribution in [3.05, 3.63) is 17.6 Å². The lowest BCUT2D eigenvalue weighted by Gasteiger charge is -2.21. The maximum Gasteiger partial charge on any atom is 0.407 e. The smallest absolute Gasteiger partial charge is 0.407 e. The molecular weight excluding hydrogens is 274 g/mol. The Morgan fingerprint density at radius 2 is 2.24 bits per heavy atom. The Morgan fingerprint density at radius 1 is 1.52 bits per heavy atom. The topological polar surface area (TPSA) is 88.1 Å². The fraction of sp³-hybridized carbons (Fsp3) is 0.714. The van der Waals surface area contributed by atoms with Crippen LogP contribution >= 0.6 is 0 Å². The van der Waals surface area contributed by atoms with Crippen LogP contribution in [0.25, 0.3) is 0 Å². The van der Waals surface area contributed by atoms with Crippen molar-refractivity contribution >= 4 is 12.0 Å². The molecule has 0 aromatic heterocycles. The first-order valence-corrected chi connectivity index (χ1v) is 7.13. The molecule has 0 aromatic carbocycles. The van der Waals surface area contributed by atoms with Crippen molar-refractivity contribution in [2.24, 2.45) is 17.0 Å². The molecule has 0 aromatic rings. The van der Waals surface area contributed by atoms with Gasteiger partial charge in [0.25, 0.3) is 0 Å². The molecule has 1 N–H and O–H groups in total. The third-order valence-corrected chi connectivity index (χ3v) is 3.31. The van der Waals surface area contributed by atoms with Crippen LogP contribution in [0.15, 0.2) is 17.8 Å². The van der Waals surface area contributed by atoms with Crippen molar-refractivity contribution in [3.8, 4) is 0 Å². The fourth-order valence-corrected chi connectivity index (χ4v) is 2.25. The molecule has 0 bridgehead atoms. The first-order valence-electron chi connectivity index (χ1n) is 7.13. The first kappa shape index (κ1) is 17.1. The molecule has 1 saturated heterocycles. The predicted molar refractivity (Wildman–Crippen MR) is 78.4 cm³/mol. The number of allylic oxidation sites excluding steroid dienone is 1. The average Bonchev–Trinajstić information content (AvgIpc) is 2.85. The van der Waals surface area contributed by atoms with Gasteiger partial charge in [0, 0.05) is 12.5 Å². The van der Waals surface area contributed by atoms with Crippen LogP contribution in [0.5, 0.6) is 0 Å². The number of likely N-dealkylation sites (tertiary alicyclic amines) is 1. The first-order chi connectivity index (χ1) is 9.99. The molecule has 2 amide bonds. The molecule has 1 aliphatic rings. The number of amides is 2. The van der Waals surface area contributed by atoms with E-state index in [1.54, 1.807) is 6.08 Å². The number of alkyl carbamates (subject to hydrolysis) is 1. The molecule has 0 radical (unpaired) electrons. The summed E-state index contributed by atoms with van der Waals surface area (Å²) in [4.78, 5) is 35.8. The van der Waals surface area contributed by atoms with Gasteiger partial charge in [0.05, 0.1) is 6.61 Å². The van der Waals surface area contributed by atoms with Gasteiger partial charge in [0.1, 0.15) is 6.54 Å². The summed E-state index contributed by atoms with van der Waals surface area (Å²) in [6, 6.07) is 0. The minimum absolute atomic E-state index is 0.0110. The molecule has 118 valence electrons. The summed E-state index contributed by atoms with van der Waals surface area (Å²) < 4.78 is 4.91. The minimum Gasteiger partial charge on any atom is -0.449 e. The van der Waals surface area contributed by atoms with Gasteiger partial charge in [-0.15, -0.1) is 11.5 Å². The van der Waals surface area contributed by atoms with Gasteiger partial charge < -0.3 is 15.0 Å². The zero-order valence-corrected chi connectivity index (χ0v) is 12.6. The van der Waals surface area contributed by atoms with Crippen LogP contribution in [0.2, 0.25) is 0 Å². The number of carbonyl (C=O) groups excluding carboxylic acids is 2. The normalized spacial score (nSPS) is 21.2. The second kappa shape index (κ2) is 8.39. The molecule has 1 heterocycles. The van der Waals surface area contributed by atoms with E-state index >= 15 is 0 Å². The van der Waals surface area contributed by atoms with Gasteiger partial charge in [-0.1, -0.05) is 19.9 Å². The second-order valence-corrected chi connectivity index (χ2v) is 5.53. The predicted octanol–water partition coefficient (Wildman–Crippen LogP) is 1.89. The van der Waals surface area contributed by atoms with Crippen LogP contribution < -0.4 is 5.32 Å². The van der Waals surface area contributed by atoms with Crippen molar-refractivity contribution in [2.45, 2.75) is 32.9 Å². The van der Waals surface area contributed by atoms with Crippen molar-refractivity contribution in [3.63, 3.8) is 0 Å². The van der Waals surface area contributed by atoms with E-state index in [2.05, 4.69) is 17.1 Å². The van der Waals surface area contributed by atoms with Crippen molar-refractivity contribution in [2.75, 3.05) is 19.7 Å². The van der Waals surface area contributed by atoms with E-state index in [0.29, 0.717) is 26.0 Å². The Morgan fingerprint density at radius 3 is 2.81 bits per heavy atom. The zero-order chi connectivity index (χ0) is 15.8. The van der Waals surface area contributed by atoms with E-state index in [1.165, 1.54) is 4.90 Å². The molecule has 1 fully saturated rings. The van der Waals surface area contributed by atoms with E-state index in [9.17, 15) is 14.5 Å². The number of carbonyl (C=O) groups is 2. The summed E-state index contributed by atoms with van der Waals surface area (Å²) >= 11 is 0. The van der Waals surface area contributed by atoms with Crippen molar-refractivity contribution < 1.29 is 14.3 Å². The maximum absolute atomic E-state index is 12.0. The quantitative estimate of drug-likeness (QED) is 0.574. The van der Waals surface area contributed by atoms with Gasteiger partial charge in [-0.2, -0.15) is 0 Å². The lowest BCUT2D eigenvalue weighted by Crippen LogP contribution is -2.43. The fourth-order valence-electron chi connectivity index (χ4n) is 2.25. The number of ether oxygens (including phenoxy) is 1. The van der Waals surface area contributed by atoms with Gasteiger partial charge in [-0.3, -0.25) is 4.79 Å². The SMILES string of the molecule is C=CCC1CCN(C(=O)CNC(=O)OCC(C)C)[C@@H]1N=O. The number of nitrogens with zero attached hydrogens (tertiary/aromatic N) is 2. The summed E-state index contributed by atoms with van der Waals surface area (Å²) in [6.45, 7) is 8.05. The average molecular weight is 297 g/mol. The van der Waals surface area contributed by atoms with Crippen LogP contribution in [0, 0.1) is 16.7 Å². The van der Waals surface area contributed by atoms with Crippen molar-refractivity contribution in [1.82, 2.24) is 10.2 Å². The molecule has 0 spiro atoms. The Kier molecular flexibility index (Phi) is 6.84. The van der Waals surface area contributed by atoms with E-state index in [0.717, 1.165) is 0 Å². The zero-order valence-electron chi connectivity index (χ0n) is 12.6. The van der Waals surface area contributed by atoms with Gasteiger partial charge >= 0.3 is 6.09 Å². The lowest BCUT2D eigenvalue weighted by molar-refractivity contribution is -0.131. The van der Waals surface area contributed by atoms with E-state index < -0.39 is 12.3 Å². The molecular formula is C14H23N3O4. The van der Waals surface area contributed by atoms with Gasteiger partial charge in [0.15, 0.2) is 6.17 Å². The Bertz CT molecular complexity index is 398. The minimum atomic E-state index is -0.677. The van der Waals surface area contributed by atoms with Gasteiger partial charge in [-0.25, -0.2) is 4.79 Å². The third kappa shape index (κ3) is 5.17. The van der Waals surface area contributed by atoms with Crippen LogP contribution in [0.1, 0.15) is 26.7 Å². The Balaban J connectivity index is 2.43. The van der Waals surface area contributed by atoms with E-state index in [4.69, 9.17) is 4.74 Å². The highest BCUT2D eigenvalue weighted by molar-refractivity contribution is 5.82. The summed E-state index contributed by atoms with van der Waals surface area (Å²) in [5.74, 6) is -0.0853. The van der Waals surface area contributed by atoms with Crippen LogP contribution in [0.4, 0.5) is 4.79 Å².